The maximum Gasteiger partial charge on any atom is 0.271 e. The first-order valence-corrected chi connectivity index (χ1v) is 8.51. The van der Waals surface area contributed by atoms with Gasteiger partial charge in [0, 0.05) is 32.0 Å². The van der Waals surface area contributed by atoms with Crippen LogP contribution in [-0.2, 0) is 0 Å². The Morgan fingerprint density at radius 1 is 1.35 bits per heavy atom. The normalized spacial score (nSPS) is 21.0. The largest absolute Gasteiger partial charge is 0.390 e. The predicted octanol–water partition coefficient (Wildman–Crippen LogP) is 1.49. The first-order valence-electron chi connectivity index (χ1n) is 8.51. The Bertz CT molecular complexity index is 752. The molecule has 26 heavy (non-hydrogen) atoms. The highest BCUT2D eigenvalue weighted by Gasteiger charge is 2.28. The van der Waals surface area contributed by atoms with Crippen molar-refractivity contribution < 1.29 is 14.3 Å². The van der Waals surface area contributed by atoms with Crippen LogP contribution in [0.4, 0.5) is 4.39 Å². The summed E-state index contributed by atoms with van der Waals surface area (Å²) in [5, 5.41) is 13.1. The Hall–Kier alpha value is -2.64. The zero-order chi connectivity index (χ0) is 18.4. The van der Waals surface area contributed by atoms with Crippen LogP contribution < -0.4 is 5.32 Å². The molecule has 2 N–H and O–H groups in total. The van der Waals surface area contributed by atoms with Crippen LogP contribution in [0.15, 0.2) is 48.9 Å². The fourth-order valence-corrected chi connectivity index (χ4v) is 2.90. The second kappa shape index (κ2) is 8.64. The molecule has 136 valence electrons. The van der Waals surface area contributed by atoms with E-state index in [0.29, 0.717) is 19.5 Å². The van der Waals surface area contributed by atoms with Gasteiger partial charge in [0.2, 0.25) is 0 Å². The van der Waals surface area contributed by atoms with Crippen LogP contribution in [-0.4, -0.2) is 57.7 Å². The molecule has 0 spiro atoms. The molecule has 1 amide bonds. The van der Waals surface area contributed by atoms with E-state index in [1.54, 1.807) is 12.1 Å². The smallest absolute Gasteiger partial charge is 0.271 e. The van der Waals surface area contributed by atoms with E-state index in [2.05, 4.69) is 20.2 Å². The van der Waals surface area contributed by atoms with Crippen LogP contribution in [0.1, 0.15) is 22.5 Å². The highest BCUT2D eigenvalue weighted by molar-refractivity contribution is 5.92. The summed E-state index contributed by atoms with van der Waals surface area (Å²) in [5.74, 6) is -0.581. The van der Waals surface area contributed by atoms with Crippen LogP contribution in [0, 0.1) is 5.82 Å². The van der Waals surface area contributed by atoms with Crippen LogP contribution in [0.5, 0.6) is 0 Å². The van der Waals surface area contributed by atoms with Gasteiger partial charge in [0.1, 0.15) is 11.5 Å². The Morgan fingerprint density at radius 2 is 2.15 bits per heavy atom. The molecule has 0 bridgehead atoms. The van der Waals surface area contributed by atoms with Gasteiger partial charge in [-0.1, -0.05) is 24.3 Å². The molecule has 1 aliphatic heterocycles. The van der Waals surface area contributed by atoms with Crippen molar-refractivity contribution in [2.45, 2.75) is 18.6 Å². The van der Waals surface area contributed by atoms with Gasteiger partial charge in [-0.15, -0.1) is 0 Å². The summed E-state index contributed by atoms with van der Waals surface area (Å²) in [6, 6.07) is 5.98. The third-order valence-electron chi connectivity index (χ3n) is 4.32. The maximum absolute atomic E-state index is 12.9. The standard InChI is InChI=1S/C19H21FN4O2/c20-15-5-3-14(4-6-15)2-1-10-24-11-7-16(18(25)13-24)23-19(26)17-12-21-8-9-22-17/h1-6,8-9,12,16,18,25H,7,10-11,13H2,(H,23,26)/t16-,18-/m1/s1. The summed E-state index contributed by atoms with van der Waals surface area (Å²) < 4.78 is 12.9. The van der Waals surface area contributed by atoms with Crippen molar-refractivity contribution in [1.29, 1.82) is 0 Å². The van der Waals surface area contributed by atoms with Crippen molar-refractivity contribution in [1.82, 2.24) is 20.2 Å². The van der Waals surface area contributed by atoms with Crippen molar-refractivity contribution in [2.24, 2.45) is 0 Å². The van der Waals surface area contributed by atoms with Crippen LogP contribution >= 0.6 is 0 Å². The Morgan fingerprint density at radius 3 is 2.85 bits per heavy atom. The molecule has 6 nitrogen and oxygen atoms in total. The van der Waals surface area contributed by atoms with E-state index in [4.69, 9.17) is 0 Å². The Labute approximate surface area is 151 Å². The second-order valence-corrected chi connectivity index (χ2v) is 6.24. The number of carbonyl (C=O) groups excluding carboxylic acids is 1. The fraction of sp³-hybridized carbons (Fsp3) is 0.316. The number of piperidine rings is 1. The molecule has 0 radical (unpaired) electrons. The van der Waals surface area contributed by atoms with Crippen molar-refractivity contribution in [3.05, 3.63) is 66.0 Å². The molecule has 1 aliphatic rings. The fourth-order valence-electron chi connectivity index (χ4n) is 2.90. The van der Waals surface area contributed by atoms with Gasteiger partial charge in [-0.2, -0.15) is 0 Å². The molecule has 3 rings (SSSR count). The average molecular weight is 356 g/mol. The van der Waals surface area contributed by atoms with Crippen LogP contribution in [0.25, 0.3) is 6.08 Å². The van der Waals surface area contributed by atoms with E-state index in [0.717, 1.165) is 12.1 Å². The number of nitrogens with zero attached hydrogens (tertiary/aromatic N) is 3. The number of likely N-dealkylation sites (tertiary alicyclic amines) is 1. The van der Waals surface area contributed by atoms with Gasteiger partial charge in [0.25, 0.3) is 5.91 Å². The molecular formula is C19H21FN4O2. The van der Waals surface area contributed by atoms with Crippen molar-refractivity contribution >= 4 is 12.0 Å². The second-order valence-electron chi connectivity index (χ2n) is 6.24. The lowest BCUT2D eigenvalue weighted by Crippen LogP contribution is -2.54. The summed E-state index contributed by atoms with van der Waals surface area (Å²) in [5.41, 5.74) is 1.17. The van der Waals surface area contributed by atoms with Crippen molar-refractivity contribution in [3.63, 3.8) is 0 Å². The molecule has 1 aromatic carbocycles. The van der Waals surface area contributed by atoms with Gasteiger partial charge in [-0.05, 0) is 24.1 Å². The van der Waals surface area contributed by atoms with Gasteiger partial charge in [-0.25, -0.2) is 9.37 Å². The molecule has 2 atom stereocenters. The van der Waals surface area contributed by atoms with E-state index in [-0.39, 0.29) is 23.5 Å². The zero-order valence-electron chi connectivity index (χ0n) is 14.3. The molecular weight excluding hydrogens is 335 g/mol. The van der Waals surface area contributed by atoms with Gasteiger partial charge >= 0.3 is 0 Å². The molecule has 2 heterocycles. The van der Waals surface area contributed by atoms with E-state index in [9.17, 15) is 14.3 Å². The zero-order valence-corrected chi connectivity index (χ0v) is 14.3. The van der Waals surface area contributed by atoms with Crippen molar-refractivity contribution in [2.75, 3.05) is 19.6 Å². The highest BCUT2D eigenvalue weighted by Crippen LogP contribution is 2.12. The summed E-state index contributed by atoms with van der Waals surface area (Å²) in [4.78, 5) is 22.1. The van der Waals surface area contributed by atoms with E-state index < -0.39 is 6.10 Å². The Balaban J connectivity index is 1.47. The summed E-state index contributed by atoms with van der Waals surface area (Å²) in [6.45, 7) is 1.91. The summed E-state index contributed by atoms with van der Waals surface area (Å²) >= 11 is 0. The number of β-amino-alcohol motifs (C(OH)–C–C–N with tert-alkyl or cyclic N) is 1. The number of rotatable bonds is 5. The minimum absolute atomic E-state index is 0.240. The molecule has 0 aliphatic carbocycles. The molecule has 2 aromatic rings. The lowest BCUT2D eigenvalue weighted by Gasteiger charge is -2.35. The highest BCUT2D eigenvalue weighted by atomic mass is 19.1. The number of aliphatic hydroxyl groups excluding tert-OH is 1. The molecule has 1 saturated heterocycles. The number of nitrogens with one attached hydrogen (secondary N) is 1. The van der Waals surface area contributed by atoms with Gasteiger partial charge in [0.15, 0.2) is 0 Å². The average Bonchev–Trinajstić information content (AvgIpc) is 2.66. The van der Waals surface area contributed by atoms with Crippen LogP contribution in [0.3, 0.4) is 0 Å². The molecule has 1 fully saturated rings. The third kappa shape index (κ3) is 4.93. The summed E-state index contributed by atoms with van der Waals surface area (Å²) in [6.07, 6.45) is 8.27. The Kier molecular flexibility index (Phi) is 6.04. The SMILES string of the molecule is O=C(N[C@@H]1CCN(CC=Cc2ccc(F)cc2)C[C@H]1O)c1cnccn1. The van der Waals surface area contributed by atoms with Crippen molar-refractivity contribution in [3.8, 4) is 0 Å². The van der Waals surface area contributed by atoms with Crippen LogP contribution in [0.2, 0.25) is 0 Å². The van der Waals surface area contributed by atoms with Gasteiger partial charge < -0.3 is 10.4 Å². The number of aliphatic hydroxyl groups is 1. The number of aromatic nitrogens is 2. The van der Waals surface area contributed by atoms with Gasteiger partial charge in [-0.3, -0.25) is 14.7 Å². The van der Waals surface area contributed by atoms with E-state index in [1.807, 2.05) is 12.2 Å². The maximum atomic E-state index is 12.9. The number of halogens is 1. The minimum Gasteiger partial charge on any atom is -0.390 e. The number of hydrogen-bond acceptors (Lipinski definition) is 5. The quantitative estimate of drug-likeness (QED) is 0.849. The monoisotopic (exact) mass is 356 g/mol. The number of hydrogen-bond donors (Lipinski definition) is 2. The first kappa shape index (κ1) is 18.2. The molecule has 0 unspecified atom stereocenters. The number of carbonyl (C=O) groups is 1. The molecule has 1 aromatic heterocycles. The van der Waals surface area contributed by atoms with E-state index in [1.165, 1.54) is 30.7 Å². The topological polar surface area (TPSA) is 78.4 Å². The van der Waals surface area contributed by atoms with E-state index >= 15 is 0 Å². The lowest BCUT2D eigenvalue weighted by molar-refractivity contribution is 0.0421. The molecule has 0 saturated carbocycles. The predicted molar refractivity (Wildman–Crippen MR) is 95.8 cm³/mol. The number of benzene rings is 1. The minimum atomic E-state index is -0.649. The lowest BCUT2D eigenvalue weighted by atomic mass is 10.0. The third-order valence-corrected chi connectivity index (χ3v) is 4.32. The number of amides is 1. The van der Waals surface area contributed by atoms with Gasteiger partial charge in [0.05, 0.1) is 18.3 Å². The first-order chi connectivity index (χ1) is 12.6. The summed E-state index contributed by atoms with van der Waals surface area (Å²) in [7, 11) is 0. The molecule has 7 heteroatoms.